The maximum atomic E-state index is 11.2. The average molecular weight is 411 g/mol. The van der Waals surface area contributed by atoms with E-state index in [1.54, 1.807) is 0 Å². The molecule has 3 rings (SSSR count). The van der Waals surface area contributed by atoms with Crippen molar-refractivity contribution in [2.45, 2.75) is 89.5 Å². The molecule has 3 N–H and O–H groups in total. The van der Waals surface area contributed by atoms with Crippen molar-refractivity contribution in [1.29, 1.82) is 0 Å². The molecule has 0 aromatic carbocycles. The number of alkyl halides is 1. The molecule has 6 atom stereocenters. The Hall–Kier alpha value is -1.11. The number of halogens is 1. The highest BCUT2D eigenvalue weighted by Crippen LogP contribution is 2.46. The third-order valence-electron chi connectivity index (χ3n) is 6.47. The van der Waals surface area contributed by atoms with Crippen LogP contribution in [0, 0.1) is 17.8 Å². The highest BCUT2D eigenvalue weighted by Gasteiger charge is 2.41. The number of hydrogen-bond donors (Lipinski definition) is 3. The number of piperidine rings is 1. The van der Waals surface area contributed by atoms with Crippen molar-refractivity contribution in [3.63, 3.8) is 0 Å². The molecule has 3 aliphatic rings. The summed E-state index contributed by atoms with van der Waals surface area (Å²) in [4.78, 5) is 13.2. The van der Waals surface area contributed by atoms with E-state index in [9.17, 15) is 9.90 Å². The molecule has 28 heavy (non-hydrogen) atoms. The molecule has 0 bridgehead atoms. The van der Waals surface area contributed by atoms with Crippen LogP contribution in [0.2, 0.25) is 0 Å². The SMILES string of the molecule is C=C1CC(C)CC(/C(C)=N/NC(C)=O)N1C(O)NC1CCC(Cl)C(C2CC2)C1. The number of rotatable bonds is 6. The monoisotopic (exact) mass is 410 g/mol. The number of aliphatic hydroxyl groups is 1. The van der Waals surface area contributed by atoms with Crippen LogP contribution in [-0.4, -0.2) is 45.4 Å². The Morgan fingerprint density at radius 2 is 2.00 bits per heavy atom. The van der Waals surface area contributed by atoms with Gasteiger partial charge in [0.1, 0.15) is 0 Å². The van der Waals surface area contributed by atoms with E-state index in [4.69, 9.17) is 11.6 Å². The molecular formula is C21H35ClN4O2. The molecule has 2 aliphatic carbocycles. The van der Waals surface area contributed by atoms with Crippen LogP contribution in [0.4, 0.5) is 0 Å². The molecule has 1 amide bonds. The Morgan fingerprint density at radius 3 is 2.64 bits per heavy atom. The van der Waals surface area contributed by atoms with Gasteiger partial charge in [-0.1, -0.05) is 13.5 Å². The summed E-state index contributed by atoms with van der Waals surface area (Å²) in [5, 5.41) is 19.0. The summed E-state index contributed by atoms with van der Waals surface area (Å²) >= 11 is 6.57. The number of nitrogens with one attached hydrogen (secondary N) is 2. The van der Waals surface area contributed by atoms with Crippen LogP contribution in [0.3, 0.4) is 0 Å². The van der Waals surface area contributed by atoms with Gasteiger partial charge in [-0.05, 0) is 69.6 Å². The predicted octanol–water partition coefficient (Wildman–Crippen LogP) is 3.16. The van der Waals surface area contributed by atoms with Gasteiger partial charge >= 0.3 is 0 Å². The van der Waals surface area contributed by atoms with Gasteiger partial charge in [0.05, 0.1) is 11.8 Å². The van der Waals surface area contributed by atoms with Crippen molar-refractivity contribution in [2.24, 2.45) is 22.9 Å². The topological polar surface area (TPSA) is 77.0 Å². The molecule has 7 heteroatoms. The standard InChI is InChI=1S/C21H35ClN4O2/c1-12-9-13(2)26(20(10-12)14(3)24-25-15(4)27)21(28)23-17-7-8-19(22)18(11-17)16-5-6-16/h12,16-21,23,28H,2,5-11H2,1,3-4H3,(H,25,27)/b24-14+. The van der Waals surface area contributed by atoms with E-state index in [1.165, 1.54) is 19.8 Å². The van der Waals surface area contributed by atoms with Crippen LogP contribution in [0.5, 0.6) is 0 Å². The summed E-state index contributed by atoms with van der Waals surface area (Å²) in [5.74, 6) is 1.59. The summed E-state index contributed by atoms with van der Waals surface area (Å²) < 4.78 is 0. The fourth-order valence-electron chi connectivity index (χ4n) is 4.89. The zero-order valence-corrected chi connectivity index (χ0v) is 18.1. The summed E-state index contributed by atoms with van der Waals surface area (Å²) in [6, 6.07) is 0.171. The number of likely N-dealkylation sites (tertiary alicyclic amines) is 1. The lowest BCUT2D eigenvalue weighted by molar-refractivity contribution is -0.118. The van der Waals surface area contributed by atoms with E-state index in [0.29, 0.717) is 11.8 Å². The van der Waals surface area contributed by atoms with Gasteiger partial charge in [0.15, 0.2) is 6.35 Å². The smallest absolute Gasteiger partial charge is 0.236 e. The first kappa shape index (κ1) is 21.6. The van der Waals surface area contributed by atoms with Crippen LogP contribution in [0.1, 0.15) is 65.7 Å². The third-order valence-corrected chi connectivity index (χ3v) is 7.01. The number of nitrogens with zero attached hydrogens (tertiary/aromatic N) is 2. The maximum absolute atomic E-state index is 11.2. The zero-order chi connectivity index (χ0) is 20.4. The minimum atomic E-state index is -0.816. The molecule has 1 aliphatic heterocycles. The van der Waals surface area contributed by atoms with E-state index in [0.717, 1.165) is 49.4 Å². The summed E-state index contributed by atoms with van der Waals surface area (Å²) in [7, 11) is 0. The summed E-state index contributed by atoms with van der Waals surface area (Å²) in [5.41, 5.74) is 4.21. The molecule has 1 saturated heterocycles. The Labute approximate surface area is 173 Å². The number of aliphatic hydroxyl groups excluding tert-OH is 1. The lowest BCUT2D eigenvalue weighted by Crippen LogP contribution is -2.57. The molecular weight excluding hydrogens is 376 g/mol. The Kier molecular flexibility index (Phi) is 7.05. The first-order valence-electron chi connectivity index (χ1n) is 10.6. The number of carbonyl (C=O) groups is 1. The lowest BCUT2D eigenvalue weighted by Gasteiger charge is -2.45. The molecule has 2 saturated carbocycles. The molecule has 3 fully saturated rings. The van der Waals surface area contributed by atoms with Gasteiger partial charge in [-0.3, -0.25) is 10.1 Å². The van der Waals surface area contributed by atoms with Gasteiger partial charge < -0.3 is 10.0 Å². The minimum Gasteiger partial charge on any atom is -0.361 e. The highest BCUT2D eigenvalue weighted by atomic mass is 35.5. The number of hydrazone groups is 1. The average Bonchev–Trinajstić information content (AvgIpc) is 3.45. The lowest BCUT2D eigenvalue weighted by atomic mass is 9.82. The van der Waals surface area contributed by atoms with Crippen molar-refractivity contribution < 1.29 is 9.90 Å². The van der Waals surface area contributed by atoms with Crippen LogP contribution >= 0.6 is 11.6 Å². The normalized spacial score (nSPS) is 35.6. The predicted molar refractivity (Wildman–Crippen MR) is 113 cm³/mol. The summed E-state index contributed by atoms with van der Waals surface area (Å²) in [6.45, 7) is 9.74. The van der Waals surface area contributed by atoms with Gasteiger partial charge in [0, 0.05) is 24.0 Å². The molecule has 6 nitrogen and oxygen atoms in total. The quantitative estimate of drug-likeness (QED) is 0.272. The first-order valence-corrected chi connectivity index (χ1v) is 11.0. The summed E-state index contributed by atoms with van der Waals surface area (Å²) in [6.07, 6.45) is 6.50. The van der Waals surface area contributed by atoms with Gasteiger partial charge in [-0.2, -0.15) is 5.10 Å². The Morgan fingerprint density at radius 1 is 1.29 bits per heavy atom. The van der Waals surface area contributed by atoms with E-state index in [1.807, 2.05) is 11.8 Å². The number of allylic oxidation sites excluding steroid dienone is 1. The number of carbonyl (C=O) groups excluding carboxylic acids is 1. The maximum Gasteiger partial charge on any atom is 0.236 e. The second kappa shape index (κ2) is 9.14. The fraction of sp³-hybridized carbons (Fsp3) is 0.810. The first-order chi connectivity index (χ1) is 13.3. The van der Waals surface area contributed by atoms with E-state index in [-0.39, 0.29) is 23.4 Å². The molecule has 0 aromatic rings. The number of hydrogen-bond acceptors (Lipinski definition) is 5. The van der Waals surface area contributed by atoms with Gasteiger partial charge in [0.2, 0.25) is 5.91 Å². The van der Waals surface area contributed by atoms with Gasteiger partial charge in [0.25, 0.3) is 0 Å². The van der Waals surface area contributed by atoms with Crippen molar-refractivity contribution in [2.75, 3.05) is 0 Å². The van der Waals surface area contributed by atoms with Crippen LogP contribution in [-0.2, 0) is 4.79 Å². The van der Waals surface area contributed by atoms with Crippen molar-refractivity contribution in [1.82, 2.24) is 15.6 Å². The van der Waals surface area contributed by atoms with E-state index < -0.39 is 6.35 Å². The molecule has 158 valence electrons. The third kappa shape index (κ3) is 5.28. The molecule has 0 spiro atoms. The fourth-order valence-corrected chi connectivity index (χ4v) is 5.32. The van der Waals surface area contributed by atoms with E-state index >= 15 is 0 Å². The van der Waals surface area contributed by atoms with Crippen LogP contribution in [0.25, 0.3) is 0 Å². The zero-order valence-electron chi connectivity index (χ0n) is 17.3. The molecule has 1 heterocycles. The van der Waals surface area contributed by atoms with Crippen molar-refractivity contribution in [3.8, 4) is 0 Å². The largest absolute Gasteiger partial charge is 0.361 e. The second-order valence-corrected chi connectivity index (χ2v) is 9.58. The van der Waals surface area contributed by atoms with Gasteiger partial charge in [-0.15, -0.1) is 11.6 Å². The minimum absolute atomic E-state index is 0.0887. The number of amides is 1. The molecule has 0 aromatic heterocycles. The van der Waals surface area contributed by atoms with Crippen molar-refractivity contribution >= 4 is 23.2 Å². The second-order valence-electron chi connectivity index (χ2n) is 9.02. The molecule has 0 radical (unpaired) electrons. The Bertz CT molecular complexity index is 622. The Balaban J connectivity index is 1.67. The van der Waals surface area contributed by atoms with Crippen molar-refractivity contribution in [3.05, 3.63) is 12.3 Å². The van der Waals surface area contributed by atoms with Crippen LogP contribution in [0.15, 0.2) is 17.4 Å². The van der Waals surface area contributed by atoms with E-state index in [2.05, 4.69) is 29.3 Å². The molecule has 6 unspecified atom stereocenters. The van der Waals surface area contributed by atoms with Crippen LogP contribution < -0.4 is 10.7 Å². The highest BCUT2D eigenvalue weighted by molar-refractivity contribution is 6.20. The van der Waals surface area contributed by atoms with Gasteiger partial charge in [-0.25, -0.2) is 5.43 Å².